The molecule has 12 heteroatoms. The summed E-state index contributed by atoms with van der Waals surface area (Å²) in [5.41, 5.74) is 0. The molecule has 5 N–H and O–H groups in total. The number of aliphatic hydroxyl groups is 2. The largest absolute Gasteiger partial charge is 0.480 e. The number of rotatable bonds is 8. The number of aliphatic carboxylic acids is 3. The monoisotopic (exact) mass is 434 g/mol. The molecule has 0 aromatic carbocycles. The zero-order valence-corrected chi connectivity index (χ0v) is 17.2. The molecule has 0 unspecified atom stereocenters. The van der Waals surface area contributed by atoms with Crippen molar-refractivity contribution in [3.63, 3.8) is 0 Å². The Bertz CT molecular complexity index is 548. The van der Waals surface area contributed by atoms with Crippen LogP contribution >= 0.6 is 0 Å². The fourth-order valence-electron chi connectivity index (χ4n) is 3.51. The first-order chi connectivity index (χ1) is 14.2. The lowest BCUT2D eigenvalue weighted by molar-refractivity contribution is -0.140. The Kier molecular flexibility index (Phi) is 12.4. The molecule has 0 aliphatic carbocycles. The summed E-state index contributed by atoms with van der Waals surface area (Å²) in [4.78, 5) is 40.5. The minimum Gasteiger partial charge on any atom is -0.480 e. The van der Waals surface area contributed by atoms with E-state index in [0.29, 0.717) is 65.2 Å². The molecule has 0 aromatic rings. The molecular formula is C18H34N4O8. The SMILES string of the molecule is O=C(O)CN1CCCN(CC(=O)O)CCN(CC(O)O)CCCN(CC(=O)O)CC1. The zero-order valence-electron chi connectivity index (χ0n) is 17.2. The maximum Gasteiger partial charge on any atom is 0.317 e. The highest BCUT2D eigenvalue weighted by Crippen LogP contribution is 2.03. The summed E-state index contributed by atoms with van der Waals surface area (Å²) >= 11 is 0. The Balaban J connectivity index is 2.86. The second kappa shape index (κ2) is 14.2. The van der Waals surface area contributed by atoms with Crippen molar-refractivity contribution in [2.75, 3.05) is 78.5 Å². The van der Waals surface area contributed by atoms with Gasteiger partial charge in [-0.05, 0) is 19.4 Å². The normalized spacial score (nSPS) is 20.1. The molecule has 0 saturated carbocycles. The van der Waals surface area contributed by atoms with Crippen LogP contribution in [-0.2, 0) is 14.4 Å². The van der Waals surface area contributed by atoms with E-state index < -0.39 is 24.2 Å². The van der Waals surface area contributed by atoms with Crippen molar-refractivity contribution in [3.8, 4) is 0 Å². The van der Waals surface area contributed by atoms with Crippen molar-refractivity contribution in [2.24, 2.45) is 0 Å². The third-order valence-corrected chi connectivity index (χ3v) is 4.86. The number of hydrogen-bond donors (Lipinski definition) is 5. The molecular weight excluding hydrogens is 400 g/mol. The first kappa shape index (κ1) is 26.2. The van der Waals surface area contributed by atoms with E-state index in [1.807, 2.05) is 4.90 Å². The standard InChI is InChI=1S/C18H34N4O8/c23-15(24)11-19-3-1-4-20(12-16(25)26)8-10-22(14-18(29)30)6-2-5-21(9-7-19)13-17(27)28/h15,23-24H,1-14H2,(H,25,26)(H,27,28)(H,29,30). The van der Waals surface area contributed by atoms with Crippen LogP contribution in [0.3, 0.4) is 0 Å². The molecule has 1 fully saturated rings. The fourth-order valence-corrected chi connectivity index (χ4v) is 3.51. The van der Waals surface area contributed by atoms with Crippen molar-refractivity contribution in [1.82, 2.24) is 19.6 Å². The van der Waals surface area contributed by atoms with Crippen molar-refractivity contribution in [2.45, 2.75) is 19.1 Å². The highest BCUT2D eigenvalue weighted by molar-refractivity contribution is 5.69. The van der Waals surface area contributed by atoms with Gasteiger partial charge >= 0.3 is 17.9 Å². The molecule has 0 spiro atoms. The van der Waals surface area contributed by atoms with Crippen LogP contribution in [0.25, 0.3) is 0 Å². The maximum absolute atomic E-state index is 11.2. The van der Waals surface area contributed by atoms with E-state index >= 15 is 0 Å². The molecule has 0 amide bonds. The van der Waals surface area contributed by atoms with Gasteiger partial charge in [-0.25, -0.2) is 0 Å². The van der Waals surface area contributed by atoms with Crippen molar-refractivity contribution in [3.05, 3.63) is 0 Å². The van der Waals surface area contributed by atoms with Gasteiger partial charge in [0.15, 0.2) is 6.29 Å². The second-order valence-corrected chi connectivity index (χ2v) is 7.50. The molecule has 0 aromatic heterocycles. The molecule has 0 bridgehead atoms. The average Bonchev–Trinajstić information content (AvgIpc) is 2.60. The lowest BCUT2D eigenvalue weighted by Gasteiger charge is -2.31. The fraction of sp³-hybridized carbons (Fsp3) is 0.833. The van der Waals surface area contributed by atoms with Crippen LogP contribution in [0.1, 0.15) is 12.8 Å². The Morgan fingerprint density at radius 3 is 1.17 bits per heavy atom. The molecule has 30 heavy (non-hydrogen) atoms. The predicted molar refractivity (Wildman–Crippen MR) is 106 cm³/mol. The van der Waals surface area contributed by atoms with Gasteiger partial charge in [-0.2, -0.15) is 0 Å². The summed E-state index contributed by atoms with van der Waals surface area (Å²) in [6, 6.07) is 0. The summed E-state index contributed by atoms with van der Waals surface area (Å²) in [7, 11) is 0. The van der Waals surface area contributed by atoms with E-state index in [1.54, 1.807) is 14.7 Å². The summed E-state index contributed by atoms with van der Waals surface area (Å²) in [6.45, 7) is 3.03. The molecule has 1 aliphatic heterocycles. The molecule has 1 saturated heterocycles. The number of nitrogens with zero attached hydrogens (tertiary/aromatic N) is 4. The van der Waals surface area contributed by atoms with Crippen molar-refractivity contribution < 1.29 is 39.9 Å². The second-order valence-electron chi connectivity index (χ2n) is 7.50. The summed E-state index contributed by atoms with van der Waals surface area (Å²) in [5, 5.41) is 46.1. The Hall–Kier alpha value is -1.83. The molecule has 12 nitrogen and oxygen atoms in total. The Labute approximate surface area is 175 Å². The summed E-state index contributed by atoms with van der Waals surface area (Å²) < 4.78 is 0. The number of aliphatic hydroxyl groups excluding tert-OH is 1. The van der Waals surface area contributed by atoms with Crippen LogP contribution in [0.4, 0.5) is 0 Å². The van der Waals surface area contributed by atoms with Gasteiger partial charge in [0.1, 0.15) is 0 Å². The minimum absolute atomic E-state index is 0.0201. The lowest BCUT2D eigenvalue weighted by Crippen LogP contribution is -2.45. The van der Waals surface area contributed by atoms with Crippen LogP contribution in [0.15, 0.2) is 0 Å². The molecule has 0 radical (unpaired) electrons. The first-order valence-corrected chi connectivity index (χ1v) is 10.1. The van der Waals surface area contributed by atoms with Crippen molar-refractivity contribution in [1.29, 1.82) is 0 Å². The summed E-state index contributed by atoms with van der Waals surface area (Å²) in [5.74, 6) is -2.90. The predicted octanol–water partition coefficient (Wildman–Crippen LogP) is -2.45. The van der Waals surface area contributed by atoms with E-state index in [1.165, 1.54) is 0 Å². The third-order valence-electron chi connectivity index (χ3n) is 4.86. The molecule has 1 heterocycles. The van der Waals surface area contributed by atoms with Gasteiger partial charge in [0.05, 0.1) is 19.6 Å². The van der Waals surface area contributed by atoms with E-state index in [9.17, 15) is 24.6 Å². The quantitative estimate of drug-likeness (QED) is 0.256. The van der Waals surface area contributed by atoms with Crippen LogP contribution in [0.5, 0.6) is 0 Å². The number of carboxylic acids is 3. The topological polar surface area (TPSA) is 165 Å². The van der Waals surface area contributed by atoms with E-state index in [0.717, 1.165) is 0 Å². The number of β-amino-alcohol motifs (C(OH)–C–C–N with tert-alkyl or cyclic N) is 2. The van der Waals surface area contributed by atoms with Crippen LogP contribution < -0.4 is 0 Å². The van der Waals surface area contributed by atoms with Crippen molar-refractivity contribution >= 4 is 17.9 Å². The minimum atomic E-state index is -1.52. The molecule has 1 rings (SSSR count). The van der Waals surface area contributed by atoms with Gasteiger partial charge in [-0.3, -0.25) is 34.0 Å². The van der Waals surface area contributed by atoms with Gasteiger partial charge in [-0.1, -0.05) is 0 Å². The number of carbonyl (C=O) groups is 3. The van der Waals surface area contributed by atoms with Crippen LogP contribution in [0.2, 0.25) is 0 Å². The molecule has 1 aliphatic rings. The van der Waals surface area contributed by atoms with Gasteiger partial charge < -0.3 is 25.5 Å². The van der Waals surface area contributed by atoms with Gasteiger partial charge in [0.2, 0.25) is 0 Å². The number of hydrogen-bond acceptors (Lipinski definition) is 9. The lowest BCUT2D eigenvalue weighted by atomic mass is 10.2. The number of carboxylic acid groups (broad SMARTS) is 3. The van der Waals surface area contributed by atoms with Crippen LogP contribution in [0, 0.1) is 0 Å². The van der Waals surface area contributed by atoms with Gasteiger partial charge in [0, 0.05) is 52.4 Å². The average molecular weight is 434 g/mol. The first-order valence-electron chi connectivity index (χ1n) is 10.1. The van der Waals surface area contributed by atoms with E-state index in [2.05, 4.69) is 0 Å². The smallest absolute Gasteiger partial charge is 0.317 e. The zero-order chi connectivity index (χ0) is 22.5. The molecule has 174 valence electrons. The van der Waals surface area contributed by atoms with E-state index in [4.69, 9.17) is 15.3 Å². The Morgan fingerprint density at radius 2 is 0.867 bits per heavy atom. The molecule has 0 atom stereocenters. The maximum atomic E-state index is 11.2. The highest BCUT2D eigenvalue weighted by atomic mass is 16.5. The summed E-state index contributed by atoms with van der Waals surface area (Å²) in [6.07, 6.45) is -0.378. The van der Waals surface area contributed by atoms with Gasteiger partial charge in [0.25, 0.3) is 0 Å². The van der Waals surface area contributed by atoms with Crippen LogP contribution in [-0.4, -0.2) is 148 Å². The third kappa shape index (κ3) is 12.7. The highest BCUT2D eigenvalue weighted by Gasteiger charge is 2.18. The Morgan fingerprint density at radius 1 is 0.567 bits per heavy atom. The van der Waals surface area contributed by atoms with Gasteiger partial charge in [-0.15, -0.1) is 0 Å². The van der Waals surface area contributed by atoms with E-state index in [-0.39, 0.29) is 26.2 Å².